The second kappa shape index (κ2) is 4.53. The number of benzene rings is 1. The van der Waals surface area contributed by atoms with Crippen molar-refractivity contribution < 1.29 is 14.6 Å². The zero-order valence-electron chi connectivity index (χ0n) is 9.19. The largest absolute Gasteiger partial charge is 0.508 e. The molecule has 0 radical (unpaired) electrons. The Morgan fingerprint density at radius 1 is 1.62 bits per heavy atom. The fourth-order valence-electron chi connectivity index (χ4n) is 2.09. The van der Waals surface area contributed by atoms with Gasteiger partial charge < -0.3 is 15.2 Å². The van der Waals surface area contributed by atoms with Crippen LogP contribution in [-0.2, 0) is 16.0 Å². The van der Waals surface area contributed by atoms with E-state index in [0.29, 0.717) is 5.75 Å². The fourth-order valence-corrected chi connectivity index (χ4v) is 2.09. The molecule has 0 amide bonds. The summed E-state index contributed by atoms with van der Waals surface area (Å²) in [5.41, 5.74) is 2.32. The van der Waals surface area contributed by atoms with Crippen LogP contribution in [-0.4, -0.2) is 24.7 Å². The summed E-state index contributed by atoms with van der Waals surface area (Å²) >= 11 is 0. The number of hydrogen-bond acceptors (Lipinski definition) is 4. The second-order valence-corrected chi connectivity index (χ2v) is 3.93. The predicted molar refractivity (Wildman–Crippen MR) is 59.2 cm³/mol. The van der Waals surface area contributed by atoms with E-state index in [1.165, 1.54) is 12.7 Å². The van der Waals surface area contributed by atoms with E-state index in [9.17, 15) is 9.90 Å². The number of hydrogen-bond donors (Lipinski definition) is 2. The molecule has 16 heavy (non-hydrogen) atoms. The number of phenols is 1. The first-order chi connectivity index (χ1) is 7.70. The highest BCUT2D eigenvalue weighted by Crippen LogP contribution is 2.32. The third kappa shape index (κ3) is 2.17. The molecule has 0 saturated carbocycles. The van der Waals surface area contributed by atoms with Crippen molar-refractivity contribution in [2.75, 3.05) is 13.7 Å². The molecule has 1 unspecified atom stereocenters. The Balaban J connectivity index is 2.03. The van der Waals surface area contributed by atoms with E-state index in [1.54, 1.807) is 12.1 Å². The molecule has 86 valence electrons. The number of aryl methyl sites for hydroxylation is 1. The number of phenolic OH excluding ortho intramolecular Hbond substituents is 1. The summed E-state index contributed by atoms with van der Waals surface area (Å²) in [7, 11) is 1.38. The van der Waals surface area contributed by atoms with Crippen molar-refractivity contribution in [2.24, 2.45) is 0 Å². The third-order valence-electron chi connectivity index (χ3n) is 2.92. The molecule has 1 atom stereocenters. The lowest BCUT2D eigenvalue weighted by atomic mass is 10.1. The van der Waals surface area contributed by atoms with Crippen LogP contribution < -0.4 is 5.32 Å². The molecule has 2 rings (SSSR count). The second-order valence-electron chi connectivity index (χ2n) is 3.93. The lowest BCUT2D eigenvalue weighted by Crippen LogP contribution is -2.27. The quantitative estimate of drug-likeness (QED) is 0.751. The van der Waals surface area contributed by atoms with Crippen LogP contribution in [0.2, 0.25) is 0 Å². The van der Waals surface area contributed by atoms with Crippen molar-refractivity contribution in [1.29, 1.82) is 0 Å². The Morgan fingerprint density at radius 2 is 2.44 bits per heavy atom. The minimum absolute atomic E-state index is 0.190. The molecule has 4 heteroatoms. The molecular formula is C12H15NO3. The number of rotatable bonds is 3. The number of carbonyl (C=O) groups excluding carboxylic acids is 1. The van der Waals surface area contributed by atoms with E-state index in [-0.39, 0.29) is 18.6 Å². The number of esters is 1. The summed E-state index contributed by atoms with van der Waals surface area (Å²) in [5, 5.41) is 12.5. The van der Waals surface area contributed by atoms with Gasteiger partial charge in [-0.1, -0.05) is 6.07 Å². The number of carbonyl (C=O) groups is 1. The maximum Gasteiger partial charge on any atom is 0.319 e. The Hall–Kier alpha value is -1.55. The van der Waals surface area contributed by atoms with Crippen molar-refractivity contribution in [3.8, 4) is 5.75 Å². The van der Waals surface area contributed by atoms with E-state index in [4.69, 9.17) is 0 Å². The molecule has 1 aromatic rings. The number of nitrogens with one attached hydrogen (secondary N) is 1. The minimum atomic E-state index is -0.257. The summed E-state index contributed by atoms with van der Waals surface area (Å²) in [5.74, 6) is 0.0413. The van der Waals surface area contributed by atoms with Crippen LogP contribution in [0.25, 0.3) is 0 Å². The molecule has 0 heterocycles. The first-order valence-corrected chi connectivity index (χ1v) is 5.32. The van der Waals surface area contributed by atoms with Gasteiger partial charge in [0.1, 0.15) is 5.75 Å². The SMILES string of the molecule is COC(=O)CNC1CCc2cc(O)ccc21. The lowest BCUT2D eigenvalue weighted by Gasteiger charge is -2.12. The fraction of sp³-hybridized carbons (Fsp3) is 0.417. The van der Waals surface area contributed by atoms with E-state index in [0.717, 1.165) is 18.4 Å². The lowest BCUT2D eigenvalue weighted by molar-refractivity contribution is -0.139. The maximum atomic E-state index is 11.0. The van der Waals surface area contributed by atoms with Crippen LogP contribution in [0.1, 0.15) is 23.6 Å². The first-order valence-electron chi connectivity index (χ1n) is 5.32. The molecule has 1 aliphatic rings. The molecule has 0 fully saturated rings. The van der Waals surface area contributed by atoms with Gasteiger partial charge in [-0.05, 0) is 36.1 Å². The van der Waals surface area contributed by atoms with Gasteiger partial charge in [0.15, 0.2) is 0 Å². The summed E-state index contributed by atoms with van der Waals surface area (Å²) in [6, 6.07) is 5.56. The van der Waals surface area contributed by atoms with Gasteiger partial charge in [0.25, 0.3) is 0 Å². The summed E-state index contributed by atoms with van der Waals surface area (Å²) < 4.78 is 4.58. The van der Waals surface area contributed by atoms with Crippen LogP contribution in [0.3, 0.4) is 0 Å². The highest BCUT2D eigenvalue weighted by atomic mass is 16.5. The summed E-state index contributed by atoms with van der Waals surface area (Å²) in [6.45, 7) is 0.224. The van der Waals surface area contributed by atoms with Gasteiger partial charge in [0.05, 0.1) is 13.7 Å². The van der Waals surface area contributed by atoms with Crippen LogP contribution in [0.5, 0.6) is 5.75 Å². The average Bonchev–Trinajstić information content (AvgIpc) is 2.68. The smallest absolute Gasteiger partial charge is 0.319 e. The first kappa shape index (κ1) is 11.0. The van der Waals surface area contributed by atoms with Crippen molar-refractivity contribution in [1.82, 2.24) is 5.32 Å². The standard InChI is InChI=1S/C12H15NO3/c1-16-12(15)7-13-11-5-2-8-6-9(14)3-4-10(8)11/h3-4,6,11,13-14H,2,5,7H2,1H3. The van der Waals surface area contributed by atoms with Crippen LogP contribution in [0.4, 0.5) is 0 Å². The predicted octanol–water partition coefficient (Wildman–Crippen LogP) is 1.14. The molecule has 1 aromatic carbocycles. The number of ether oxygens (including phenoxy) is 1. The molecule has 0 bridgehead atoms. The maximum absolute atomic E-state index is 11.0. The molecule has 0 aliphatic heterocycles. The van der Waals surface area contributed by atoms with Gasteiger partial charge in [-0.3, -0.25) is 4.79 Å². The molecule has 4 nitrogen and oxygen atoms in total. The van der Waals surface area contributed by atoms with Crippen LogP contribution in [0.15, 0.2) is 18.2 Å². The summed E-state index contributed by atoms with van der Waals surface area (Å²) in [6.07, 6.45) is 1.89. The Kier molecular flexibility index (Phi) is 3.10. The highest BCUT2D eigenvalue weighted by Gasteiger charge is 2.22. The van der Waals surface area contributed by atoms with Crippen molar-refractivity contribution in [3.05, 3.63) is 29.3 Å². The molecule has 0 saturated heterocycles. The van der Waals surface area contributed by atoms with Gasteiger partial charge in [0, 0.05) is 6.04 Å². The average molecular weight is 221 g/mol. The van der Waals surface area contributed by atoms with Gasteiger partial charge in [-0.15, -0.1) is 0 Å². The van der Waals surface area contributed by atoms with Crippen LogP contribution >= 0.6 is 0 Å². The monoisotopic (exact) mass is 221 g/mol. The number of methoxy groups -OCH3 is 1. The van der Waals surface area contributed by atoms with E-state index < -0.39 is 0 Å². The Labute approximate surface area is 94.2 Å². The zero-order valence-corrected chi connectivity index (χ0v) is 9.19. The molecular weight excluding hydrogens is 206 g/mol. The van der Waals surface area contributed by atoms with E-state index in [1.807, 2.05) is 6.07 Å². The van der Waals surface area contributed by atoms with Gasteiger partial charge in [0.2, 0.25) is 0 Å². The summed E-state index contributed by atoms with van der Waals surface area (Å²) in [4.78, 5) is 11.0. The molecule has 2 N–H and O–H groups in total. The Morgan fingerprint density at radius 3 is 3.19 bits per heavy atom. The topological polar surface area (TPSA) is 58.6 Å². The van der Waals surface area contributed by atoms with E-state index in [2.05, 4.69) is 10.1 Å². The van der Waals surface area contributed by atoms with Crippen molar-refractivity contribution in [3.63, 3.8) is 0 Å². The number of fused-ring (bicyclic) bond motifs is 1. The van der Waals surface area contributed by atoms with Gasteiger partial charge in [-0.25, -0.2) is 0 Å². The third-order valence-corrected chi connectivity index (χ3v) is 2.92. The number of aromatic hydroxyl groups is 1. The molecule has 0 spiro atoms. The highest BCUT2D eigenvalue weighted by molar-refractivity contribution is 5.71. The molecule has 0 aromatic heterocycles. The van der Waals surface area contributed by atoms with Crippen LogP contribution in [0, 0.1) is 0 Å². The Bertz CT molecular complexity index is 403. The van der Waals surface area contributed by atoms with Crippen molar-refractivity contribution >= 4 is 5.97 Å². The van der Waals surface area contributed by atoms with Gasteiger partial charge >= 0.3 is 5.97 Å². The van der Waals surface area contributed by atoms with Crippen molar-refractivity contribution in [2.45, 2.75) is 18.9 Å². The molecule has 1 aliphatic carbocycles. The van der Waals surface area contributed by atoms with E-state index >= 15 is 0 Å². The normalized spacial score (nSPS) is 18.2. The minimum Gasteiger partial charge on any atom is -0.508 e. The van der Waals surface area contributed by atoms with Gasteiger partial charge in [-0.2, -0.15) is 0 Å². The zero-order chi connectivity index (χ0) is 11.5.